The van der Waals surface area contributed by atoms with Gasteiger partial charge in [-0.15, -0.1) is 11.3 Å². The molecule has 5 nitrogen and oxygen atoms in total. The first-order valence-electron chi connectivity index (χ1n) is 9.75. The van der Waals surface area contributed by atoms with Crippen LogP contribution in [0.15, 0.2) is 90.3 Å². The normalized spacial score (nSPS) is 10.0. The van der Waals surface area contributed by atoms with E-state index in [1.54, 1.807) is 23.6 Å². The molecule has 0 aliphatic rings. The van der Waals surface area contributed by atoms with Gasteiger partial charge in [0.25, 0.3) is 5.91 Å². The number of carbonyl (C=O) groups is 2. The number of hydrogen-bond acceptors (Lipinski definition) is 4. The molecule has 4 aromatic rings. The van der Waals surface area contributed by atoms with Gasteiger partial charge < -0.3 is 15.7 Å². The van der Waals surface area contributed by atoms with Gasteiger partial charge in [0.1, 0.15) is 4.88 Å². The minimum atomic E-state index is -1.08. The highest BCUT2D eigenvalue weighted by molar-refractivity contribution is 7.12. The van der Waals surface area contributed by atoms with Crippen molar-refractivity contribution < 1.29 is 14.7 Å². The number of hydrogen-bond donors (Lipinski definition) is 3. The van der Waals surface area contributed by atoms with Crippen LogP contribution in [0.3, 0.4) is 0 Å². The molecule has 0 saturated heterocycles. The van der Waals surface area contributed by atoms with Gasteiger partial charge in [0, 0.05) is 16.8 Å². The second kappa shape index (κ2) is 9.65. The van der Waals surface area contributed by atoms with E-state index in [1.165, 1.54) is 0 Å². The number of carbonyl (C=O) groups excluding carboxylic acids is 1. The third-order valence-corrected chi connectivity index (χ3v) is 5.45. The fourth-order valence-corrected chi connectivity index (χ4v) is 3.72. The zero-order valence-corrected chi connectivity index (χ0v) is 17.6. The number of rotatable bonds is 5. The minimum absolute atomic E-state index is 0.0845. The van der Waals surface area contributed by atoms with Crippen molar-refractivity contribution in [3.63, 3.8) is 0 Å². The Hall–Kier alpha value is -4.34. The Morgan fingerprint density at radius 1 is 0.781 bits per heavy atom. The fourth-order valence-electron chi connectivity index (χ4n) is 3.03. The maximum absolute atomic E-state index is 13.0. The lowest BCUT2D eigenvalue weighted by atomic mass is 10.1. The Morgan fingerprint density at radius 2 is 1.47 bits per heavy atom. The SMILES string of the molecule is O=C(Nc1ccsc1C(=O)O)c1ccc(C#Cc2ccccc2)cc1Nc1ccccc1. The summed E-state index contributed by atoms with van der Waals surface area (Å²) >= 11 is 1.06. The van der Waals surface area contributed by atoms with Crippen LogP contribution in [0.2, 0.25) is 0 Å². The monoisotopic (exact) mass is 438 g/mol. The molecule has 1 amide bonds. The van der Waals surface area contributed by atoms with E-state index >= 15 is 0 Å². The smallest absolute Gasteiger partial charge is 0.348 e. The van der Waals surface area contributed by atoms with Crippen molar-refractivity contribution in [1.82, 2.24) is 0 Å². The Morgan fingerprint density at radius 3 is 2.19 bits per heavy atom. The number of amides is 1. The highest BCUT2D eigenvalue weighted by atomic mass is 32.1. The summed E-state index contributed by atoms with van der Waals surface area (Å²) < 4.78 is 0. The fraction of sp³-hybridized carbons (Fsp3) is 0. The Bertz CT molecular complexity index is 1320. The van der Waals surface area contributed by atoms with Gasteiger partial charge in [-0.1, -0.05) is 48.2 Å². The summed E-state index contributed by atoms with van der Waals surface area (Å²) in [5.74, 6) is 4.75. The second-order valence-electron chi connectivity index (χ2n) is 6.79. The number of nitrogens with one attached hydrogen (secondary N) is 2. The lowest BCUT2D eigenvalue weighted by molar-refractivity contribution is 0.0703. The van der Waals surface area contributed by atoms with E-state index < -0.39 is 11.9 Å². The standard InChI is InChI=1S/C26H18N2O3S/c29-25(28-22-15-16-32-24(22)26(30)31)21-14-13-19(12-11-18-7-3-1-4-8-18)17-23(21)27-20-9-5-2-6-10-20/h1-10,13-17,27H,(H,28,29)(H,30,31). The predicted molar refractivity (Wildman–Crippen MR) is 128 cm³/mol. The summed E-state index contributed by atoms with van der Waals surface area (Å²) in [5, 5.41) is 16.9. The summed E-state index contributed by atoms with van der Waals surface area (Å²) in [6.07, 6.45) is 0. The third-order valence-electron chi connectivity index (χ3n) is 4.55. The van der Waals surface area contributed by atoms with Crippen molar-refractivity contribution in [3.8, 4) is 11.8 Å². The first-order valence-corrected chi connectivity index (χ1v) is 10.6. The van der Waals surface area contributed by atoms with Crippen LogP contribution in [-0.4, -0.2) is 17.0 Å². The molecule has 0 spiro atoms. The van der Waals surface area contributed by atoms with E-state index in [1.807, 2.05) is 66.7 Å². The molecule has 32 heavy (non-hydrogen) atoms. The van der Waals surface area contributed by atoms with Gasteiger partial charge in [0.2, 0.25) is 0 Å². The van der Waals surface area contributed by atoms with E-state index in [9.17, 15) is 14.7 Å². The highest BCUT2D eigenvalue weighted by Crippen LogP contribution is 2.26. The molecule has 1 aromatic heterocycles. The number of aromatic carboxylic acids is 1. The summed E-state index contributed by atoms with van der Waals surface area (Å²) in [6, 6.07) is 26.0. The zero-order valence-electron chi connectivity index (χ0n) is 16.8. The van der Waals surface area contributed by atoms with Crippen LogP contribution in [-0.2, 0) is 0 Å². The van der Waals surface area contributed by atoms with Gasteiger partial charge in [0.05, 0.1) is 16.9 Å². The second-order valence-corrected chi connectivity index (χ2v) is 7.71. The van der Waals surface area contributed by atoms with Crippen LogP contribution in [0.25, 0.3) is 0 Å². The molecule has 0 bridgehead atoms. The summed E-state index contributed by atoms with van der Waals surface area (Å²) in [6.45, 7) is 0. The molecule has 0 unspecified atom stereocenters. The topological polar surface area (TPSA) is 78.4 Å². The van der Waals surface area contributed by atoms with Crippen LogP contribution >= 0.6 is 11.3 Å². The van der Waals surface area contributed by atoms with Crippen molar-refractivity contribution >= 4 is 40.3 Å². The molecule has 0 aliphatic heterocycles. The summed E-state index contributed by atoms with van der Waals surface area (Å²) in [5.41, 5.74) is 3.67. The molecule has 0 fully saturated rings. The van der Waals surface area contributed by atoms with Crippen molar-refractivity contribution in [2.75, 3.05) is 10.6 Å². The number of carboxylic acids is 1. The Balaban J connectivity index is 1.67. The molecule has 0 atom stereocenters. The molecule has 156 valence electrons. The van der Waals surface area contributed by atoms with Crippen LogP contribution in [0, 0.1) is 11.8 Å². The molecular formula is C26H18N2O3S. The molecule has 0 radical (unpaired) electrons. The molecule has 6 heteroatoms. The Labute approximate surface area is 189 Å². The van der Waals surface area contributed by atoms with E-state index in [-0.39, 0.29) is 10.6 Å². The van der Waals surface area contributed by atoms with Crippen molar-refractivity contribution in [2.45, 2.75) is 0 Å². The number of benzene rings is 3. The van der Waals surface area contributed by atoms with Crippen molar-refractivity contribution in [2.24, 2.45) is 0 Å². The van der Waals surface area contributed by atoms with E-state index in [2.05, 4.69) is 22.5 Å². The molecular weight excluding hydrogens is 420 g/mol. The molecule has 3 N–H and O–H groups in total. The molecule has 0 saturated carbocycles. The van der Waals surface area contributed by atoms with Gasteiger partial charge in [-0.3, -0.25) is 4.79 Å². The maximum atomic E-state index is 13.0. The van der Waals surface area contributed by atoms with E-state index in [4.69, 9.17) is 0 Å². The van der Waals surface area contributed by atoms with Gasteiger partial charge in [-0.25, -0.2) is 4.79 Å². The molecule has 0 aliphatic carbocycles. The first kappa shape index (κ1) is 20.9. The maximum Gasteiger partial charge on any atom is 0.348 e. The van der Waals surface area contributed by atoms with Gasteiger partial charge >= 0.3 is 5.97 Å². The van der Waals surface area contributed by atoms with Crippen molar-refractivity contribution in [1.29, 1.82) is 0 Å². The summed E-state index contributed by atoms with van der Waals surface area (Å²) in [4.78, 5) is 24.5. The van der Waals surface area contributed by atoms with Crippen LogP contribution in [0.1, 0.15) is 31.2 Å². The van der Waals surface area contributed by atoms with Crippen LogP contribution < -0.4 is 10.6 Å². The lowest BCUT2D eigenvalue weighted by Crippen LogP contribution is -2.15. The van der Waals surface area contributed by atoms with E-state index in [0.717, 1.165) is 28.2 Å². The minimum Gasteiger partial charge on any atom is -0.477 e. The van der Waals surface area contributed by atoms with Gasteiger partial charge in [-0.2, -0.15) is 0 Å². The number of anilines is 3. The van der Waals surface area contributed by atoms with Crippen LogP contribution in [0.5, 0.6) is 0 Å². The zero-order chi connectivity index (χ0) is 22.3. The number of carboxylic acid groups (broad SMARTS) is 1. The molecule has 1 heterocycles. The van der Waals surface area contributed by atoms with Gasteiger partial charge in [-0.05, 0) is 53.9 Å². The number of thiophene rings is 1. The summed E-state index contributed by atoms with van der Waals surface area (Å²) in [7, 11) is 0. The highest BCUT2D eigenvalue weighted by Gasteiger charge is 2.17. The number of para-hydroxylation sites is 1. The average Bonchev–Trinajstić information content (AvgIpc) is 3.27. The average molecular weight is 439 g/mol. The van der Waals surface area contributed by atoms with Crippen LogP contribution in [0.4, 0.5) is 17.1 Å². The molecule has 3 aromatic carbocycles. The Kier molecular flexibility index (Phi) is 6.30. The third kappa shape index (κ3) is 5.04. The predicted octanol–water partition coefficient (Wildman–Crippen LogP) is 5.84. The lowest BCUT2D eigenvalue weighted by Gasteiger charge is -2.13. The first-order chi connectivity index (χ1) is 15.6. The molecule has 4 rings (SSSR count). The quantitative estimate of drug-likeness (QED) is 0.342. The largest absolute Gasteiger partial charge is 0.477 e. The van der Waals surface area contributed by atoms with Gasteiger partial charge in [0.15, 0.2) is 0 Å². The van der Waals surface area contributed by atoms with Crippen molar-refractivity contribution in [3.05, 3.63) is 112 Å². The van der Waals surface area contributed by atoms with E-state index in [0.29, 0.717) is 11.3 Å².